The predicted octanol–water partition coefficient (Wildman–Crippen LogP) is 2.16. The molecule has 0 aliphatic carbocycles. The Morgan fingerprint density at radius 2 is 2.25 bits per heavy atom. The van der Waals surface area contributed by atoms with Crippen molar-refractivity contribution in [3.63, 3.8) is 0 Å². The average molecular weight is 222 g/mol. The number of carbonyl (C=O) groups excluding carboxylic acids is 1. The van der Waals surface area contributed by atoms with E-state index in [0.29, 0.717) is 6.54 Å². The van der Waals surface area contributed by atoms with Gasteiger partial charge in [-0.2, -0.15) is 0 Å². The highest BCUT2D eigenvalue weighted by atomic mass is 16.5. The molecule has 0 spiro atoms. The number of hydrogen-bond donors (Lipinski definition) is 1. The summed E-state index contributed by atoms with van der Waals surface area (Å²) >= 11 is 0. The zero-order valence-corrected chi connectivity index (χ0v) is 9.93. The van der Waals surface area contributed by atoms with Crippen molar-refractivity contribution in [1.29, 1.82) is 0 Å². The van der Waals surface area contributed by atoms with Gasteiger partial charge in [0.2, 0.25) is 0 Å². The van der Waals surface area contributed by atoms with Crippen LogP contribution in [0.4, 0.5) is 4.79 Å². The van der Waals surface area contributed by atoms with Crippen LogP contribution in [0.5, 0.6) is 5.75 Å². The molecule has 0 radical (unpaired) electrons. The lowest BCUT2D eigenvalue weighted by Gasteiger charge is -2.26. The van der Waals surface area contributed by atoms with Crippen molar-refractivity contribution in [3.05, 3.63) is 29.8 Å². The quantitative estimate of drug-likeness (QED) is 0.848. The Kier molecular flexibility index (Phi) is 4.17. The van der Waals surface area contributed by atoms with E-state index < -0.39 is 6.03 Å². The lowest BCUT2D eigenvalue weighted by atomic mass is 10.1. The van der Waals surface area contributed by atoms with Gasteiger partial charge in [-0.25, -0.2) is 4.79 Å². The van der Waals surface area contributed by atoms with Gasteiger partial charge in [0.05, 0.1) is 13.2 Å². The standard InChI is InChI=1S/C12H18N2O2/c1-4-14(12(13)15)9(2)10-6-5-7-11(8-10)16-3/h5-9H,4H2,1-3H3,(H2,13,15). The summed E-state index contributed by atoms with van der Waals surface area (Å²) in [7, 11) is 1.62. The fourth-order valence-corrected chi connectivity index (χ4v) is 1.70. The number of benzene rings is 1. The maximum atomic E-state index is 11.2. The van der Waals surface area contributed by atoms with Crippen molar-refractivity contribution in [2.75, 3.05) is 13.7 Å². The first-order valence-corrected chi connectivity index (χ1v) is 5.30. The highest BCUT2D eigenvalue weighted by molar-refractivity contribution is 5.72. The van der Waals surface area contributed by atoms with Crippen LogP contribution in [0.1, 0.15) is 25.5 Å². The van der Waals surface area contributed by atoms with Crippen LogP contribution >= 0.6 is 0 Å². The minimum Gasteiger partial charge on any atom is -0.497 e. The number of ether oxygens (including phenoxy) is 1. The number of nitrogens with two attached hydrogens (primary N) is 1. The van der Waals surface area contributed by atoms with Gasteiger partial charge < -0.3 is 15.4 Å². The first-order chi connectivity index (χ1) is 7.60. The summed E-state index contributed by atoms with van der Waals surface area (Å²) in [6.45, 7) is 4.44. The first kappa shape index (κ1) is 12.4. The predicted molar refractivity (Wildman–Crippen MR) is 63.4 cm³/mol. The third-order valence-electron chi connectivity index (χ3n) is 2.67. The number of methoxy groups -OCH3 is 1. The molecule has 1 atom stereocenters. The van der Waals surface area contributed by atoms with Crippen LogP contribution in [0.25, 0.3) is 0 Å². The Labute approximate surface area is 96.0 Å². The minimum absolute atomic E-state index is 0.0439. The maximum absolute atomic E-state index is 11.2. The molecule has 0 fully saturated rings. The Bertz CT molecular complexity index is 366. The number of carbonyl (C=O) groups is 1. The molecule has 0 aliphatic rings. The molecule has 2 amide bonds. The lowest BCUT2D eigenvalue weighted by Crippen LogP contribution is -2.37. The molecule has 0 saturated heterocycles. The molecule has 1 aromatic carbocycles. The molecule has 0 saturated carbocycles. The van der Waals surface area contributed by atoms with Crippen molar-refractivity contribution in [2.24, 2.45) is 5.73 Å². The van der Waals surface area contributed by atoms with Crippen LogP contribution in [0.2, 0.25) is 0 Å². The summed E-state index contributed by atoms with van der Waals surface area (Å²) in [6, 6.07) is 7.20. The molecule has 4 nitrogen and oxygen atoms in total. The summed E-state index contributed by atoms with van der Waals surface area (Å²) in [5.41, 5.74) is 6.33. The van der Waals surface area contributed by atoms with E-state index in [1.165, 1.54) is 0 Å². The number of amides is 2. The molecule has 0 aliphatic heterocycles. The zero-order chi connectivity index (χ0) is 12.1. The molecule has 0 heterocycles. The van der Waals surface area contributed by atoms with Gasteiger partial charge in [0.25, 0.3) is 0 Å². The second-order valence-electron chi connectivity index (χ2n) is 3.58. The number of nitrogens with zero attached hydrogens (tertiary/aromatic N) is 1. The van der Waals surface area contributed by atoms with E-state index in [-0.39, 0.29) is 6.04 Å². The summed E-state index contributed by atoms with van der Waals surface area (Å²) in [5.74, 6) is 0.782. The monoisotopic (exact) mass is 222 g/mol. The van der Waals surface area contributed by atoms with Crippen molar-refractivity contribution in [3.8, 4) is 5.75 Å². The Morgan fingerprint density at radius 1 is 1.56 bits per heavy atom. The zero-order valence-electron chi connectivity index (χ0n) is 9.93. The van der Waals surface area contributed by atoms with Crippen molar-refractivity contribution in [2.45, 2.75) is 19.9 Å². The van der Waals surface area contributed by atoms with E-state index in [4.69, 9.17) is 10.5 Å². The van der Waals surface area contributed by atoms with Crippen molar-refractivity contribution < 1.29 is 9.53 Å². The van der Waals surface area contributed by atoms with Crippen LogP contribution in [-0.2, 0) is 0 Å². The van der Waals surface area contributed by atoms with Crippen LogP contribution in [0.15, 0.2) is 24.3 Å². The van der Waals surface area contributed by atoms with Crippen LogP contribution in [-0.4, -0.2) is 24.6 Å². The molecule has 1 rings (SSSR count). The van der Waals surface area contributed by atoms with Gasteiger partial charge in [-0.05, 0) is 31.5 Å². The van der Waals surface area contributed by atoms with Crippen LogP contribution < -0.4 is 10.5 Å². The van der Waals surface area contributed by atoms with Gasteiger partial charge in [0, 0.05) is 6.54 Å². The molecule has 0 aromatic heterocycles. The smallest absolute Gasteiger partial charge is 0.315 e. The van der Waals surface area contributed by atoms with Crippen molar-refractivity contribution >= 4 is 6.03 Å². The highest BCUT2D eigenvalue weighted by Crippen LogP contribution is 2.23. The average Bonchev–Trinajstić information content (AvgIpc) is 2.29. The third-order valence-corrected chi connectivity index (χ3v) is 2.67. The van der Waals surface area contributed by atoms with E-state index in [0.717, 1.165) is 11.3 Å². The molecule has 0 bridgehead atoms. The molecular formula is C12H18N2O2. The van der Waals surface area contributed by atoms with Gasteiger partial charge in [-0.3, -0.25) is 0 Å². The number of hydrogen-bond acceptors (Lipinski definition) is 2. The number of primary amides is 1. The molecular weight excluding hydrogens is 204 g/mol. The molecule has 1 unspecified atom stereocenters. The highest BCUT2D eigenvalue weighted by Gasteiger charge is 2.17. The fraction of sp³-hybridized carbons (Fsp3) is 0.417. The van der Waals surface area contributed by atoms with Crippen molar-refractivity contribution in [1.82, 2.24) is 4.90 Å². The van der Waals surface area contributed by atoms with Crippen LogP contribution in [0, 0.1) is 0 Å². The fourth-order valence-electron chi connectivity index (χ4n) is 1.70. The summed E-state index contributed by atoms with van der Waals surface area (Å²) in [5, 5.41) is 0. The van der Waals surface area contributed by atoms with E-state index in [9.17, 15) is 4.79 Å². The van der Waals surface area contributed by atoms with E-state index in [1.54, 1.807) is 12.0 Å². The first-order valence-electron chi connectivity index (χ1n) is 5.30. The third kappa shape index (κ3) is 2.66. The SMILES string of the molecule is CCN(C(N)=O)C(C)c1cccc(OC)c1. The summed E-state index contributed by atoms with van der Waals surface area (Å²) in [6.07, 6.45) is 0. The molecule has 2 N–H and O–H groups in total. The van der Waals surface area contributed by atoms with Gasteiger partial charge in [-0.1, -0.05) is 12.1 Å². The molecule has 88 valence electrons. The summed E-state index contributed by atoms with van der Waals surface area (Å²) in [4.78, 5) is 12.8. The molecule has 1 aromatic rings. The second-order valence-corrected chi connectivity index (χ2v) is 3.58. The Balaban J connectivity index is 2.93. The molecule has 16 heavy (non-hydrogen) atoms. The van der Waals surface area contributed by atoms with Gasteiger partial charge in [0.1, 0.15) is 5.75 Å². The van der Waals surface area contributed by atoms with Gasteiger partial charge >= 0.3 is 6.03 Å². The van der Waals surface area contributed by atoms with Gasteiger partial charge in [0.15, 0.2) is 0 Å². The number of urea groups is 1. The normalized spacial score (nSPS) is 11.9. The summed E-state index contributed by atoms with van der Waals surface area (Å²) < 4.78 is 5.14. The minimum atomic E-state index is -0.405. The van der Waals surface area contributed by atoms with E-state index in [1.807, 2.05) is 38.1 Å². The Hall–Kier alpha value is -1.71. The topological polar surface area (TPSA) is 55.6 Å². The van der Waals surface area contributed by atoms with E-state index >= 15 is 0 Å². The second kappa shape index (κ2) is 5.39. The van der Waals surface area contributed by atoms with E-state index in [2.05, 4.69) is 0 Å². The molecule has 4 heteroatoms. The largest absolute Gasteiger partial charge is 0.497 e. The number of rotatable bonds is 4. The lowest BCUT2D eigenvalue weighted by molar-refractivity contribution is 0.192. The van der Waals surface area contributed by atoms with Gasteiger partial charge in [-0.15, -0.1) is 0 Å². The Morgan fingerprint density at radius 3 is 2.75 bits per heavy atom. The maximum Gasteiger partial charge on any atom is 0.315 e. The van der Waals surface area contributed by atoms with Crippen LogP contribution in [0.3, 0.4) is 0 Å².